The number of nitrogens with zero attached hydrogens (tertiary/aromatic N) is 1. The van der Waals surface area contributed by atoms with Crippen LogP contribution < -0.4 is 5.32 Å². The highest BCUT2D eigenvalue weighted by Gasteiger charge is 2.40. The van der Waals surface area contributed by atoms with E-state index >= 15 is 0 Å². The van der Waals surface area contributed by atoms with E-state index in [9.17, 15) is 0 Å². The summed E-state index contributed by atoms with van der Waals surface area (Å²) in [4.78, 5) is 2.72. The molecule has 0 spiro atoms. The smallest absolute Gasteiger partial charge is 0.0252 e. The first-order valence-corrected chi connectivity index (χ1v) is 6.95. The highest BCUT2D eigenvalue weighted by molar-refractivity contribution is 4.96. The zero-order valence-electron chi connectivity index (χ0n) is 11.5. The summed E-state index contributed by atoms with van der Waals surface area (Å²) in [6, 6.07) is 0.706. The van der Waals surface area contributed by atoms with E-state index in [1.54, 1.807) is 0 Å². The maximum atomic E-state index is 3.64. The Balaban J connectivity index is 1.96. The van der Waals surface area contributed by atoms with Crippen molar-refractivity contribution in [3.05, 3.63) is 0 Å². The maximum absolute atomic E-state index is 3.64. The zero-order valence-corrected chi connectivity index (χ0v) is 11.5. The summed E-state index contributed by atoms with van der Waals surface area (Å²) in [5.74, 6) is 0. The molecule has 0 aromatic carbocycles. The molecular formula is C14H28N2. The highest BCUT2D eigenvalue weighted by atomic mass is 15.2. The second kappa shape index (κ2) is 4.30. The largest absolute Gasteiger partial charge is 0.309 e. The molecule has 2 rings (SSSR count). The predicted octanol–water partition coefficient (Wildman–Crippen LogP) is 2.64. The van der Waals surface area contributed by atoms with Crippen LogP contribution in [0.1, 0.15) is 53.4 Å². The van der Waals surface area contributed by atoms with Crippen LogP contribution in [0.4, 0.5) is 0 Å². The van der Waals surface area contributed by atoms with E-state index in [-0.39, 0.29) is 0 Å². The van der Waals surface area contributed by atoms with Gasteiger partial charge in [0.1, 0.15) is 0 Å². The van der Waals surface area contributed by atoms with E-state index in [1.807, 2.05) is 0 Å². The lowest BCUT2D eigenvalue weighted by atomic mass is 9.66. The molecule has 16 heavy (non-hydrogen) atoms. The van der Waals surface area contributed by atoms with Gasteiger partial charge in [-0.3, -0.25) is 4.90 Å². The molecule has 1 atom stereocenters. The maximum Gasteiger partial charge on any atom is 0.0252 e. The van der Waals surface area contributed by atoms with Crippen LogP contribution >= 0.6 is 0 Å². The Morgan fingerprint density at radius 2 is 2.00 bits per heavy atom. The van der Waals surface area contributed by atoms with Crippen LogP contribution in [0, 0.1) is 5.41 Å². The Hall–Kier alpha value is -0.0800. The number of piperazine rings is 1. The van der Waals surface area contributed by atoms with Crippen LogP contribution in [0.15, 0.2) is 0 Å². The summed E-state index contributed by atoms with van der Waals surface area (Å²) >= 11 is 0. The van der Waals surface area contributed by atoms with Gasteiger partial charge in [-0.25, -0.2) is 0 Å². The average molecular weight is 224 g/mol. The molecule has 0 radical (unpaired) electrons. The minimum atomic E-state index is 0.297. The molecule has 0 amide bonds. The molecule has 0 aromatic heterocycles. The topological polar surface area (TPSA) is 15.3 Å². The van der Waals surface area contributed by atoms with Crippen LogP contribution in [0.2, 0.25) is 0 Å². The molecule has 0 bridgehead atoms. The van der Waals surface area contributed by atoms with Crippen LogP contribution in [0.25, 0.3) is 0 Å². The lowest BCUT2D eigenvalue weighted by Crippen LogP contribution is -2.62. The van der Waals surface area contributed by atoms with Gasteiger partial charge in [0.15, 0.2) is 0 Å². The van der Waals surface area contributed by atoms with Crippen molar-refractivity contribution in [1.82, 2.24) is 10.2 Å². The highest BCUT2D eigenvalue weighted by Crippen LogP contribution is 2.44. The first kappa shape index (κ1) is 12.4. The van der Waals surface area contributed by atoms with Crippen molar-refractivity contribution in [3.8, 4) is 0 Å². The van der Waals surface area contributed by atoms with Crippen LogP contribution in [0.3, 0.4) is 0 Å². The van der Waals surface area contributed by atoms with E-state index in [1.165, 1.54) is 38.8 Å². The molecule has 2 aliphatic rings. The van der Waals surface area contributed by atoms with E-state index in [0.29, 0.717) is 17.0 Å². The molecule has 1 saturated heterocycles. The van der Waals surface area contributed by atoms with Gasteiger partial charge < -0.3 is 5.32 Å². The first-order valence-electron chi connectivity index (χ1n) is 6.95. The first-order chi connectivity index (χ1) is 7.46. The summed E-state index contributed by atoms with van der Waals surface area (Å²) in [5, 5.41) is 3.64. The fourth-order valence-electron chi connectivity index (χ4n) is 3.22. The lowest BCUT2D eigenvalue weighted by Gasteiger charge is -2.50. The third-order valence-electron chi connectivity index (χ3n) is 4.80. The number of hydrogen-bond donors (Lipinski definition) is 1. The van der Waals surface area contributed by atoms with Crippen LogP contribution in [-0.2, 0) is 0 Å². The summed E-state index contributed by atoms with van der Waals surface area (Å²) < 4.78 is 0. The Morgan fingerprint density at radius 3 is 2.50 bits per heavy atom. The van der Waals surface area contributed by atoms with Gasteiger partial charge in [0.2, 0.25) is 0 Å². The van der Waals surface area contributed by atoms with Crippen molar-refractivity contribution in [2.24, 2.45) is 5.41 Å². The van der Waals surface area contributed by atoms with Gasteiger partial charge in [-0.15, -0.1) is 0 Å². The van der Waals surface area contributed by atoms with Crippen molar-refractivity contribution in [3.63, 3.8) is 0 Å². The number of hydrogen-bond acceptors (Lipinski definition) is 2. The van der Waals surface area contributed by atoms with Crippen molar-refractivity contribution < 1.29 is 0 Å². The van der Waals surface area contributed by atoms with E-state index < -0.39 is 0 Å². The Labute approximate surface area is 101 Å². The molecule has 1 heterocycles. The second-order valence-electron chi connectivity index (χ2n) is 6.73. The summed E-state index contributed by atoms with van der Waals surface area (Å²) in [6.45, 7) is 13.1. The molecule has 0 aromatic rings. The van der Waals surface area contributed by atoms with E-state index in [4.69, 9.17) is 0 Å². The SMILES string of the molecule is CCC1(CN2CC(C)(C)NCC2C)CCC1. The Bertz CT molecular complexity index is 238. The standard InChI is InChI=1S/C14H28N2/c1-5-14(7-6-8-14)11-16-10-13(3,4)15-9-12(16)2/h12,15H,5-11H2,1-4H3. The Morgan fingerprint density at radius 1 is 1.31 bits per heavy atom. The lowest BCUT2D eigenvalue weighted by molar-refractivity contribution is 0.0127. The van der Waals surface area contributed by atoms with E-state index in [2.05, 4.69) is 37.9 Å². The molecule has 1 N–H and O–H groups in total. The van der Waals surface area contributed by atoms with Gasteiger partial charge in [0.25, 0.3) is 0 Å². The van der Waals surface area contributed by atoms with Crippen molar-refractivity contribution in [1.29, 1.82) is 0 Å². The van der Waals surface area contributed by atoms with Crippen LogP contribution in [0.5, 0.6) is 0 Å². The van der Waals surface area contributed by atoms with Gasteiger partial charge in [-0.05, 0) is 45.4 Å². The van der Waals surface area contributed by atoms with Gasteiger partial charge >= 0.3 is 0 Å². The van der Waals surface area contributed by atoms with Crippen molar-refractivity contribution in [2.75, 3.05) is 19.6 Å². The minimum Gasteiger partial charge on any atom is -0.309 e. The molecule has 1 aliphatic carbocycles. The third kappa shape index (κ3) is 2.43. The summed E-state index contributed by atoms with van der Waals surface area (Å²) in [7, 11) is 0. The fraction of sp³-hybridized carbons (Fsp3) is 1.00. The molecule has 1 aliphatic heterocycles. The summed E-state index contributed by atoms with van der Waals surface area (Å²) in [6.07, 6.45) is 5.74. The van der Waals surface area contributed by atoms with Crippen molar-refractivity contribution >= 4 is 0 Å². The molecule has 1 saturated carbocycles. The normalized spacial score (nSPS) is 33.4. The molecule has 2 fully saturated rings. The third-order valence-corrected chi connectivity index (χ3v) is 4.80. The molecule has 2 heteroatoms. The quantitative estimate of drug-likeness (QED) is 0.793. The molecule has 1 unspecified atom stereocenters. The van der Waals surface area contributed by atoms with E-state index in [0.717, 1.165) is 6.54 Å². The van der Waals surface area contributed by atoms with Crippen molar-refractivity contribution in [2.45, 2.75) is 65.0 Å². The number of rotatable bonds is 3. The zero-order chi connectivity index (χ0) is 11.8. The Kier molecular flexibility index (Phi) is 3.33. The van der Waals surface area contributed by atoms with Crippen LogP contribution in [-0.4, -0.2) is 36.1 Å². The van der Waals surface area contributed by atoms with Gasteiger partial charge in [0.05, 0.1) is 0 Å². The molecule has 2 nitrogen and oxygen atoms in total. The van der Waals surface area contributed by atoms with Gasteiger partial charge in [-0.2, -0.15) is 0 Å². The van der Waals surface area contributed by atoms with Gasteiger partial charge in [0, 0.05) is 31.2 Å². The average Bonchev–Trinajstić information content (AvgIpc) is 2.17. The van der Waals surface area contributed by atoms with Gasteiger partial charge in [-0.1, -0.05) is 13.3 Å². The predicted molar refractivity (Wildman–Crippen MR) is 69.7 cm³/mol. The second-order valence-corrected chi connectivity index (χ2v) is 6.73. The molecular weight excluding hydrogens is 196 g/mol. The fourth-order valence-corrected chi connectivity index (χ4v) is 3.22. The number of nitrogens with one attached hydrogen (secondary N) is 1. The monoisotopic (exact) mass is 224 g/mol. The molecule has 94 valence electrons. The summed E-state index contributed by atoms with van der Waals surface area (Å²) in [5.41, 5.74) is 0.965. The minimum absolute atomic E-state index is 0.297.